The Morgan fingerprint density at radius 2 is 1.48 bits per heavy atom. The van der Waals surface area contributed by atoms with Crippen LogP contribution < -0.4 is 10.1 Å². The maximum atomic E-state index is 8.89. The molecule has 3 heterocycles. The first-order valence-corrected chi connectivity index (χ1v) is 24.1. The third-order valence-electron chi connectivity index (χ3n) is 11.8. The van der Waals surface area contributed by atoms with Gasteiger partial charge in [0, 0.05) is 35.3 Å². The van der Waals surface area contributed by atoms with Crippen LogP contribution in [0.15, 0.2) is 144 Å². The molecule has 300 valence electrons. The molecule has 0 N–H and O–H groups in total. The second kappa shape index (κ2) is 16.5. The quantitative estimate of drug-likeness (QED) is 0.123. The largest absolute Gasteiger partial charge is 3.00 e. The molecule has 2 aromatic heterocycles. The smallest absolute Gasteiger partial charge is 0.661 e. The Labute approximate surface area is 370 Å². The number of nitrogens with zero attached hydrogens (tertiary/aromatic N) is 3. The van der Waals surface area contributed by atoms with Gasteiger partial charge in [-0.2, -0.15) is 12.1 Å². The minimum atomic E-state index is -1.55. The van der Waals surface area contributed by atoms with Gasteiger partial charge in [-0.1, -0.05) is 143 Å². The molecule has 0 radical (unpaired) electrons. The summed E-state index contributed by atoms with van der Waals surface area (Å²) in [7, 11) is -1.55. The van der Waals surface area contributed by atoms with Crippen LogP contribution >= 0.6 is 0 Å². The van der Waals surface area contributed by atoms with Crippen LogP contribution in [-0.2, 0) is 20.1 Å². The van der Waals surface area contributed by atoms with Gasteiger partial charge >= 0.3 is 20.1 Å². The third kappa shape index (κ3) is 7.58. The van der Waals surface area contributed by atoms with E-state index in [0.29, 0.717) is 0 Å². The van der Waals surface area contributed by atoms with E-state index in [4.69, 9.17) is 11.1 Å². The number of furan rings is 1. The fourth-order valence-electron chi connectivity index (χ4n) is 8.40. The van der Waals surface area contributed by atoms with Crippen LogP contribution in [0.25, 0.3) is 60.1 Å². The summed E-state index contributed by atoms with van der Waals surface area (Å²) in [5, 5.41) is 13.7. The van der Waals surface area contributed by atoms with E-state index in [1.807, 2.05) is 37.4 Å². The first-order valence-electron chi connectivity index (χ1n) is 21.1. The second-order valence-corrected chi connectivity index (χ2v) is 22.3. The summed E-state index contributed by atoms with van der Waals surface area (Å²) in [6, 6.07) is 53.4. The van der Waals surface area contributed by atoms with Gasteiger partial charge < -0.3 is 19.6 Å². The number of anilines is 2. The number of hydrogen-bond donors (Lipinski definition) is 0. The predicted molar refractivity (Wildman–Crippen MR) is 253 cm³/mol. The molecule has 2 unspecified atom stereocenters. The van der Waals surface area contributed by atoms with Gasteiger partial charge in [-0.15, -0.1) is 52.7 Å². The van der Waals surface area contributed by atoms with Crippen LogP contribution in [0.5, 0.6) is 0 Å². The second-order valence-electron chi connectivity index (χ2n) is 17.2. The molecule has 1 aliphatic rings. The molecule has 0 bridgehead atoms. The summed E-state index contributed by atoms with van der Waals surface area (Å²) in [6.07, 6.45) is 1.70. The molecule has 2 atom stereocenters. The first kappa shape index (κ1) is 39.9. The minimum Gasteiger partial charge on any atom is -0.661 e. The van der Waals surface area contributed by atoms with Gasteiger partial charge in [0.25, 0.3) is 0 Å². The fraction of sp³-hybridized carbons (Fsp3) is 0.204. The number of hydrogen-bond acceptors (Lipinski definition) is 3. The van der Waals surface area contributed by atoms with Crippen molar-refractivity contribution in [1.82, 2.24) is 4.98 Å². The molecule has 0 aliphatic carbocycles. The van der Waals surface area contributed by atoms with Crippen LogP contribution in [0.3, 0.4) is 0 Å². The topological polar surface area (TPSA) is 43.4 Å². The van der Waals surface area contributed by atoms with Gasteiger partial charge in [-0.05, 0) is 75.7 Å². The average molecular weight is 978 g/mol. The van der Waals surface area contributed by atoms with E-state index in [9.17, 15) is 0 Å². The number of aryl methyl sites for hydroxylation is 2. The predicted octanol–water partition coefficient (Wildman–Crippen LogP) is 15.0. The molecule has 1 aliphatic heterocycles. The van der Waals surface area contributed by atoms with Gasteiger partial charge in [0.1, 0.15) is 5.58 Å². The van der Waals surface area contributed by atoms with Gasteiger partial charge in [0.15, 0.2) is 0 Å². The molecule has 9 aromatic rings. The van der Waals surface area contributed by atoms with Crippen molar-refractivity contribution < 1.29 is 25.9 Å². The third-order valence-corrected chi connectivity index (χ3v) is 13.8. The Kier molecular flexibility index (Phi) is 11.0. The Morgan fingerprint density at radius 3 is 2.22 bits per heavy atom. The summed E-state index contributed by atoms with van der Waals surface area (Å²) < 4.78 is 15.5. The zero-order valence-electron chi connectivity index (χ0n) is 36.5. The maximum Gasteiger partial charge on any atom is 3.00 e. The number of rotatable bonds is 6. The molecule has 0 fully saturated rings. The number of aromatic nitrogens is 1. The van der Waals surface area contributed by atoms with Crippen LogP contribution in [0.2, 0.25) is 19.6 Å². The Bertz CT molecular complexity index is 3060. The SMILES string of the molecule is Cc1ccc2c(c1)oc1c(C3[N-]c4cc5ccccc5cc4N3c3cccc4ccccc34)[c-]cc(C)c12.[2H]C(C)(c1cc(-c2[c-]cccc2)ncc1[Si](C)(C)C)C(C)C.[Ir+3]. The van der Waals surface area contributed by atoms with Crippen molar-refractivity contribution in [1.29, 1.82) is 0 Å². The normalized spacial score (nSPS) is 15.0. The monoisotopic (exact) mass is 978 g/mol. The Balaban J connectivity index is 0.000000192. The molecule has 6 heteroatoms. The number of fused-ring (bicyclic) bond motifs is 6. The average Bonchev–Trinajstić information content (AvgIpc) is 3.81. The summed E-state index contributed by atoms with van der Waals surface area (Å²) in [6.45, 7) is 17.4. The number of pyridine rings is 1. The molecule has 7 aromatic carbocycles. The minimum absolute atomic E-state index is 0. The Hall–Kier alpha value is -5.52. The molecular weight excluding hydrogens is 927 g/mol. The van der Waals surface area contributed by atoms with Gasteiger partial charge in [-0.3, -0.25) is 0 Å². The van der Waals surface area contributed by atoms with Crippen LogP contribution in [0.4, 0.5) is 17.1 Å². The van der Waals surface area contributed by atoms with E-state index in [0.717, 1.165) is 66.9 Å². The van der Waals surface area contributed by atoms with E-state index in [1.54, 1.807) is 0 Å². The zero-order valence-corrected chi connectivity index (χ0v) is 38.9. The van der Waals surface area contributed by atoms with E-state index in [-0.39, 0.29) is 32.2 Å². The van der Waals surface area contributed by atoms with Crippen molar-refractivity contribution in [2.45, 2.75) is 66.3 Å². The van der Waals surface area contributed by atoms with Crippen molar-refractivity contribution in [3.05, 3.63) is 179 Å². The standard InChI is InChI=1S/C35H24N2O.C19H26NSi.Ir/c1-21-14-16-27-32(18-21)38-34-28(17-15-22(2)33(27)34)35-36-29-19-24-9-3-4-10-25(24)20-31(29)37(35)30-13-7-11-23-8-5-6-12-26(23)30;1-14(2)15(3)17-12-18(16-10-8-7-9-11-16)20-13-19(17)21(4,5)6;/h3-16,18-20,35H,1-2H3;7-10,12-15H,1-6H3;/q-2;-1;+3/i;15D;. The fourth-order valence-corrected chi connectivity index (χ4v) is 9.93. The van der Waals surface area contributed by atoms with E-state index < -0.39 is 14.0 Å². The van der Waals surface area contributed by atoms with Crippen molar-refractivity contribution in [3.63, 3.8) is 0 Å². The van der Waals surface area contributed by atoms with E-state index in [2.05, 4.69) is 179 Å². The molecule has 0 spiro atoms. The summed E-state index contributed by atoms with van der Waals surface area (Å²) in [4.78, 5) is 7.03. The van der Waals surface area contributed by atoms with Crippen LogP contribution in [0, 0.1) is 31.9 Å². The molecule has 10 rings (SSSR count). The van der Waals surface area contributed by atoms with Crippen molar-refractivity contribution in [3.8, 4) is 11.3 Å². The van der Waals surface area contributed by atoms with Crippen LogP contribution in [-0.4, -0.2) is 13.1 Å². The van der Waals surface area contributed by atoms with Gasteiger partial charge in [-0.25, -0.2) is 0 Å². The maximum absolute atomic E-state index is 8.89. The first-order chi connectivity index (χ1) is 28.8. The van der Waals surface area contributed by atoms with Gasteiger partial charge in [0.05, 0.1) is 8.07 Å². The Morgan fingerprint density at radius 1 is 0.767 bits per heavy atom. The summed E-state index contributed by atoms with van der Waals surface area (Å²) in [5.41, 5.74) is 11.3. The number of benzene rings is 7. The van der Waals surface area contributed by atoms with E-state index >= 15 is 0 Å². The van der Waals surface area contributed by atoms with Crippen molar-refractivity contribution in [2.24, 2.45) is 5.92 Å². The molecule has 60 heavy (non-hydrogen) atoms. The molecular formula is C54H50IrN3OSi. The molecule has 0 saturated carbocycles. The van der Waals surface area contributed by atoms with Crippen molar-refractivity contribution in [2.75, 3.05) is 4.90 Å². The molecule has 0 amide bonds. The summed E-state index contributed by atoms with van der Waals surface area (Å²) in [5.74, 6) is -0.361. The van der Waals surface area contributed by atoms with Gasteiger partial charge in [0.2, 0.25) is 0 Å². The molecule has 4 nitrogen and oxygen atoms in total. The van der Waals surface area contributed by atoms with Crippen LogP contribution in [0.1, 0.15) is 56.5 Å². The zero-order chi connectivity index (χ0) is 41.9. The van der Waals surface area contributed by atoms with E-state index in [1.165, 1.54) is 32.3 Å². The summed E-state index contributed by atoms with van der Waals surface area (Å²) >= 11 is 0. The molecule has 0 saturated heterocycles. The van der Waals surface area contributed by atoms with Crippen molar-refractivity contribution >= 4 is 73.8 Å².